The van der Waals surface area contributed by atoms with Crippen LogP contribution in [-0.2, 0) is 21.8 Å². The highest BCUT2D eigenvalue weighted by atomic mass is 32.2. The average molecular weight is 429 g/mol. The second-order valence-electron chi connectivity index (χ2n) is 6.31. The minimum Gasteiger partial charge on any atom is -0.368 e. The third kappa shape index (κ3) is 5.02. The number of rotatable bonds is 5. The predicted molar refractivity (Wildman–Crippen MR) is 99.5 cm³/mol. The Labute approximate surface area is 162 Å². The molecule has 4 N–H and O–H groups in total. The number of aromatic nitrogens is 3. The van der Waals surface area contributed by atoms with Gasteiger partial charge in [0.2, 0.25) is 11.9 Å². The summed E-state index contributed by atoms with van der Waals surface area (Å²) >= 11 is 0. The van der Waals surface area contributed by atoms with Crippen molar-refractivity contribution in [2.24, 2.45) is 0 Å². The van der Waals surface area contributed by atoms with E-state index in [4.69, 9.17) is 5.73 Å². The van der Waals surface area contributed by atoms with Crippen molar-refractivity contribution in [3.05, 3.63) is 53.3 Å². The molecule has 7 nitrogen and oxygen atoms in total. The number of nitrogens with two attached hydrogens (primary N) is 1. The first-order chi connectivity index (χ1) is 13.4. The normalized spacial score (nSPS) is 12.2. The fourth-order valence-corrected chi connectivity index (χ4v) is 3.52. The number of nitrogens with one attached hydrogen (secondary N) is 2. The summed E-state index contributed by atoms with van der Waals surface area (Å²) in [5.74, 6) is -1.57. The van der Waals surface area contributed by atoms with Gasteiger partial charge in [0, 0.05) is 17.5 Å². The van der Waals surface area contributed by atoms with Gasteiger partial charge in [0.05, 0.1) is 11.3 Å². The molecular weight excluding hydrogens is 414 g/mol. The van der Waals surface area contributed by atoms with Gasteiger partial charge in [-0.25, -0.2) is 17.9 Å². The number of benzene rings is 2. The second-order valence-corrected chi connectivity index (χ2v) is 8.45. The second kappa shape index (κ2) is 7.35. The lowest BCUT2D eigenvalue weighted by Crippen LogP contribution is -2.10. The number of nitrogens with zero attached hydrogens (tertiary/aromatic N) is 2. The number of aromatic amines is 1. The van der Waals surface area contributed by atoms with E-state index in [1.807, 2.05) is 0 Å². The van der Waals surface area contributed by atoms with Crippen LogP contribution in [0.25, 0.3) is 11.1 Å². The summed E-state index contributed by atoms with van der Waals surface area (Å²) in [4.78, 5) is 3.69. The zero-order valence-electron chi connectivity index (χ0n) is 14.9. The Morgan fingerprint density at radius 3 is 2.34 bits per heavy atom. The number of anilines is 3. The van der Waals surface area contributed by atoms with Gasteiger partial charge >= 0.3 is 6.18 Å². The molecule has 0 radical (unpaired) electrons. The number of halogens is 4. The maximum absolute atomic E-state index is 14.7. The minimum absolute atomic E-state index is 0.0410. The van der Waals surface area contributed by atoms with E-state index in [0.29, 0.717) is 5.56 Å². The maximum atomic E-state index is 14.7. The molecule has 0 spiro atoms. The summed E-state index contributed by atoms with van der Waals surface area (Å²) in [6, 6.07) is 6.79. The number of nitrogen functional groups attached to an aromatic ring is 1. The summed E-state index contributed by atoms with van der Waals surface area (Å²) < 4.78 is 78.2. The van der Waals surface area contributed by atoms with Crippen molar-refractivity contribution in [1.29, 1.82) is 0 Å². The van der Waals surface area contributed by atoms with Gasteiger partial charge in [-0.1, -0.05) is 24.3 Å². The van der Waals surface area contributed by atoms with E-state index in [-0.39, 0.29) is 28.9 Å². The van der Waals surface area contributed by atoms with Crippen LogP contribution >= 0.6 is 0 Å². The number of H-pyrrole nitrogens is 1. The van der Waals surface area contributed by atoms with E-state index in [1.165, 1.54) is 24.3 Å². The van der Waals surface area contributed by atoms with E-state index in [9.17, 15) is 26.0 Å². The van der Waals surface area contributed by atoms with Crippen molar-refractivity contribution in [2.75, 3.05) is 17.3 Å². The van der Waals surface area contributed by atoms with Crippen molar-refractivity contribution in [3.8, 4) is 11.1 Å². The minimum atomic E-state index is -4.85. The molecule has 1 aromatic heterocycles. The molecule has 0 aliphatic heterocycles. The number of hydrogen-bond donors (Lipinski definition) is 3. The molecule has 0 aliphatic rings. The summed E-state index contributed by atoms with van der Waals surface area (Å²) in [5.41, 5.74) is 3.62. The molecule has 29 heavy (non-hydrogen) atoms. The molecule has 0 fully saturated rings. The molecule has 0 atom stereocenters. The summed E-state index contributed by atoms with van der Waals surface area (Å²) in [6.45, 7) is 0. The summed E-state index contributed by atoms with van der Waals surface area (Å²) in [6.07, 6.45) is -3.81. The van der Waals surface area contributed by atoms with Crippen molar-refractivity contribution in [2.45, 2.75) is 11.9 Å². The monoisotopic (exact) mass is 429 g/mol. The lowest BCUT2D eigenvalue weighted by molar-refractivity contribution is -0.137. The average Bonchev–Trinajstić information content (AvgIpc) is 2.98. The predicted octanol–water partition coefficient (Wildman–Crippen LogP) is 3.50. The standard InChI is InChI=1S/C17H15F4N5O2S/c1-29(27,28)8-9-2-4-10(5-3-9)14-12(17(19,20)21)6-11(7-13(14)18)23-16-24-15(22)25-26-16/h2-7H,8H2,1H3,(H4,22,23,24,25,26). The molecule has 3 aromatic rings. The zero-order chi connectivity index (χ0) is 21.4. The molecule has 0 aliphatic carbocycles. The first-order valence-corrected chi connectivity index (χ1v) is 10.1. The van der Waals surface area contributed by atoms with E-state index >= 15 is 0 Å². The van der Waals surface area contributed by atoms with Gasteiger partial charge in [0.1, 0.15) is 5.82 Å². The first kappa shape index (κ1) is 20.6. The van der Waals surface area contributed by atoms with Gasteiger partial charge in [-0.3, -0.25) is 0 Å². The van der Waals surface area contributed by atoms with E-state index in [0.717, 1.165) is 18.4 Å². The third-order valence-electron chi connectivity index (χ3n) is 3.83. The highest BCUT2D eigenvalue weighted by Gasteiger charge is 2.36. The number of alkyl halides is 3. The van der Waals surface area contributed by atoms with Crippen molar-refractivity contribution in [1.82, 2.24) is 15.2 Å². The van der Waals surface area contributed by atoms with Crippen LogP contribution < -0.4 is 11.1 Å². The molecule has 154 valence electrons. The van der Waals surface area contributed by atoms with Crippen molar-refractivity contribution in [3.63, 3.8) is 0 Å². The SMILES string of the molecule is CS(=O)(=O)Cc1ccc(-c2c(F)cc(Nc3n[nH]c(N)n3)cc2C(F)(F)F)cc1. The zero-order valence-corrected chi connectivity index (χ0v) is 15.7. The van der Waals surface area contributed by atoms with Crippen LogP contribution in [0.15, 0.2) is 36.4 Å². The first-order valence-electron chi connectivity index (χ1n) is 8.05. The van der Waals surface area contributed by atoms with Crippen LogP contribution in [0.5, 0.6) is 0 Å². The van der Waals surface area contributed by atoms with E-state index < -0.39 is 33.0 Å². The van der Waals surface area contributed by atoms with Gasteiger partial charge in [-0.15, -0.1) is 5.10 Å². The number of hydrogen-bond acceptors (Lipinski definition) is 6. The van der Waals surface area contributed by atoms with Crippen molar-refractivity contribution < 1.29 is 26.0 Å². The quantitative estimate of drug-likeness (QED) is 0.535. The molecule has 0 saturated heterocycles. The van der Waals surface area contributed by atoms with Crippen LogP contribution in [-0.4, -0.2) is 29.9 Å². The maximum Gasteiger partial charge on any atom is 0.417 e. The van der Waals surface area contributed by atoms with Crippen LogP contribution in [0.3, 0.4) is 0 Å². The Balaban J connectivity index is 2.03. The van der Waals surface area contributed by atoms with Crippen molar-refractivity contribution >= 4 is 27.4 Å². The Hall–Kier alpha value is -3.15. The third-order valence-corrected chi connectivity index (χ3v) is 4.68. The van der Waals surface area contributed by atoms with Crippen LogP contribution in [0, 0.1) is 5.82 Å². The molecule has 12 heteroatoms. The molecule has 1 heterocycles. The lowest BCUT2D eigenvalue weighted by Gasteiger charge is -2.16. The Bertz CT molecular complexity index is 1140. The topological polar surface area (TPSA) is 114 Å². The highest BCUT2D eigenvalue weighted by Crippen LogP contribution is 2.40. The van der Waals surface area contributed by atoms with E-state index in [1.54, 1.807) is 0 Å². The van der Waals surface area contributed by atoms with Crippen LogP contribution in [0.4, 0.5) is 35.1 Å². The largest absolute Gasteiger partial charge is 0.417 e. The molecule has 0 unspecified atom stereocenters. The van der Waals surface area contributed by atoms with Gasteiger partial charge in [0.25, 0.3) is 0 Å². The Kier molecular flexibility index (Phi) is 5.22. The molecule has 3 rings (SSSR count). The Morgan fingerprint density at radius 1 is 1.17 bits per heavy atom. The van der Waals surface area contributed by atoms with Gasteiger partial charge < -0.3 is 11.1 Å². The van der Waals surface area contributed by atoms with Crippen LogP contribution in [0.1, 0.15) is 11.1 Å². The summed E-state index contributed by atoms with van der Waals surface area (Å²) in [7, 11) is -3.31. The lowest BCUT2D eigenvalue weighted by atomic mass is 9.97. The molecule has 0 amide bonds. The molecule has 0 saturated carbocycles. The van der Waals surface area contributed by atoms with E-state index in [2.05, 4.69) is 20.5 Å². The van der Waals surface area contributed by atoms with Crippen LogP contribution in [0.2, 0.25) is 0 Å². The summed E-state index contributed by atoms with van der Waals surface area (Å²) in [5, 5.41) is 8.38. The fourth-order valence-electron chi connectivity index (χ4n) is 2.73. The van der Waals surface area contributed by atoms with Gasteiger partial charge in [-0.2, -0.15) is 18.2 Å². The van der Waals surface area contributed by atoms with Gasteiger partial charge in [0.15, 0.2) is 9.84 Å². The molecule has 0 bridgehead atoms. The highest BCUT2D eigenvalue weighted by molar-refractivity contribution is 7.89. The molecule has 2 aromatic carbocycles. The fraction of sp³-hybridized carbons (Fsp3) is 0.176. The van der Waals surface area contributed by atoms with Gasteiger partial charge in [-0.05, 0) is 23.3 Å². The Morgan fingerprint density at radius 2 is 1.83 bits per heavy atom. The molecular formula is C17H15F4N5O2S. The smallest absolute Gasteiger partial charge is 0.368 e. The number of sulfone groups is 1.